The predicted octanol–water partition coefficient (Wildman–Crippen LogP) is 2.69. The fourth-order valence-corrected chi connectivity index (χ4v) is 2.23. The van der Waals surface area contributed by atoms with Crippen LogP contribution >= 0.6 is 11.3 Å². The number of thiophene rings is 1. The van der Waals surface area contributed by atoms with Crippen molar-refractivity contribution in [3.05, 3.63) is 22.4 Å². The van der Waals surface area contributed by atoms with Crippen LogP contribution in [-0.2, 0) is 11.2 Å². The SMILES string of the molecule is CCC(C)(C#N)C(=O)N(C)CCc1cccs1. The first kappa shape index (κ1) is 13.7. The van der Waals surface area contributed by atoms with Gasteiger partial charge in [-0.25, -0.2) is 0 Å². The van der Waals surface area contributed by atoms with E-state index in [0.717, 1.165) is 6.42 Å². The number of carbonyl (C=O) groups is 1. The Kier molecular flexibility index (Phi) is 4.71. The Hall–Kier alpha value is -1.34. The summed E-state index contributed by atoms with van der Waals surface area (Å²) in [5.74, 6) is -0.0842. The molecule has 0 N–H and O–H groups in total. The molecule has 1 unspecified atom stereocenters. The maximum atomic E-state index is 12.1. The number of rotatable bonds is 5. The molecule has 3 nitrogen and oxygen atoms in total. The lowest BCUT2D eigenvalue weighted by Crippen LogP contribution is -2.40. The lowest BCUT2D eigenvalue weighted by Gasteiger charge is -2.25. The van der Waals surface area contributed by atoms with E-state index in [9.17, 15) is 4.79 Å². The van der Waals surface area contributed by atoms with Gasteiger partial charge in [-0.3, -0.25) is 4.79 Å². The van der Waals surface area contributed by atoms with Crippen molar-refractivity contribution in [3.63, 3.8) is 0 Å². The van der Waals surface area contributed by atoms with Gasteiger partial charge in [0.15, 0.2) is 0 Å². The third kappa shape index (κ3) is 3.31. The maximum absolute atomic E-state index is 12.1. The Morgan fingerprint density at radius 3 is 2.82 bits per heavy atom. The molecule has 4 heteroatoms. The molecule has 0 aromatic carbocycles. The molecular weight excluding hydrogens is 232 g/mol. The zero-order valence-corrected chi connectivity index (χ0v) is 11.4. The van der Waals surface area contributed by atoms with Crippen LogP contribution in [0.5, 0.6) is 0 Å². The monoisotopic (exact) mass is 250 g/mol. The van der Waals surface area contributed by atoms with Crippen molar-refractivity contribution >= 4 is 17.2 Å². The molecule has 1 rings (SSSR count). The number of amides is 1. The largest absolute Gasteiger partial charge is 0.344 e. The number of nitrogens with zero attached hydrogens (tertiary/aromatic N) is 2. The second-order valence-corrected chi connectivity index (χ2v) is 5.39. The van der Waals surface area contributed by atoms with E-state index in [2.05, 4.69) is 12.1 Å². The van der Waals surface area contributed by atoms with Crippen LogP contribution < -0.4 is 0 Å². The fourth-order valence-electron chi connectivity index (χ4n) is 1.53. The van der Waals surface area contributed by atoms with Gasteiger partial charge in [0.05, 0.1) is 6.07 Å². The highest BCUT2D eigenvalue weighted by atomic mass is 32.1. The van der Waals surface area contributed by atoms with Gasteiger partial charge in [-0.15, -0.1) is 11.3 Å². The molecule has 0 aliphatic rings. The highest BCUT2D eigenvalue weighted by molar-refractivity contribution is 7.09. The Balaban J connectivity index is 2.56. The van der Waals surface area contributed by atoms with E-state index in [4.69, 9.17) is 5.26 Å². The Morgan fingerprint density at radius 2 is 2.35 bits per heavy atom. The van der Waals surface area contributed by atoms with Gasteiger partial charge < -0.3 is 4.90 Å². The van der Waals surface area contributed by atoms with Crippen molar-refractivity contribution in [2.75, 3.05) is 13.6 Å². The van der Waals surface area contributed by atoms with Crippen molar-refractivity contribution in [2.24, 2.45) is 5.41 Å². The molecule has 1 heterocycles. The minimum Gasteiger partial charge on any atom is -0.344 e. The van der Waals surface area contributed by atoms with E-state index >= 15 is 0 Å². The van der Waals surface area contributed by atoms with E-state index in [1.807, 2.05) is 18.4 Å². The van der Waals surface area contributed by atoms with Crippen LogP contribution in [0.25, 0.3) is 0 Å². The van der Waals surface area contributed by atoms with Crippen molar-refractivity contribution in [1.82, 2.24) is 4.90 Å². The minimum atomic E-state index is -0.885. The van der Waals surface area contributed by atoms with E-state index in [-0.39, 0.29) is 5.91 Å². The summed E-state index contributed by atoms with van der Waals surface area (Å²) < 4.78 is 0. The van der Waals surface area contributed by atoms with Gasteiger partial charge in [-0.05, 0) is 31.2 Å². The van der Waals surface area contributed by atoms with Crippen LogP contribution in [-0.4, -0.2) is 24.4 Å². The lowest BCUT2D eigenvalue weighted by atomic mass is 9.88. The van der Waals surface area contributed by atoms with Crippen molar-refractivity contribution in [1.29, 1.82) is 5.26 Å². The van der Waals surface area contributed by atoms with Crippen molar-refractivity contribution in [3.8, 4) is 6.07 Å². The molecule has 0 radical (unpaired) electrons. The van der Waals surface area contributed by atoms with Crippen LogP contribution in [0.4, 0.5) is 0 Å². The van der Waals surface area contributed by atoms with Gasteiger partial charge in [0, 0.05) is 18.5 Å². The summed E-state index contributed by atoms with van der Waals surface area (Å²) in [5, 5.41) is 11.1. The smallest absolute Gasteiger partial charge is 0.242 e. The number of hydrogen-bond donors (Lipinski definition) is 0. The van der Waals surface area contributed by atoms with Crippen LogP contribution in [0.1, 0.15) is 25.1 Å². The molecule has 17 heavy (non-hydrogen) atoms. The average molecular weight is 250 g/mol. The fraction of sp³-hybridized carbons (Fsp3) is 0.538. The standard InChI is InChI=1S/C13H18N2OS/c1-4-13(2,10-14)12(16)15(3)8-7-11-6-5-9-17-11/h5-6,9H,4,7-8H2,1-3H3. The summed E-state index contributed by atoms with van der Waals surface area (Å²) in [6, 6.07) is 6.18. The first-order valence-corrected chi connectivity index (χ1v) is 6.60. The number of hydrogen-bond acceptors (Lipinski definition) is 3. The van der Waals surface area contributed by atoms with E-state index in [0.29, 0.717) is 13.0 Å². The maximum Gasteiger partial charge on any atom is 0.242 e. The molecule has 92 valence electrons. The third-order valence-electron chi connectivity index (χ3n) is 3.05. The second kappa shape index (κ2) is 5.83. The summed E-state index contributed by atoms with van der Waals surface area (Å²) in [6.07, 6.45) is 1.40. The molecule has 0 saturated heterocycles. The van der Waals surface area contributed by atoms with Gasteiger partial charge in [-0.1, -0.05) is 13.0 Å². The normalized spacial score (nSPS) is 13.8. The second-order valence-electron chi connectivity index (χ2n) is 4.35. The van der Waals surface area contributed by atoms with E-state index in [1.54, 1.807) is 30.2 Å². The molecule has 0 spiro atoms. The first-order chi connectivity index (χ1) is 8.03. The van der Waals surface area contributed by atoms with E-state index in [1.165, 1.54) is 4.88 Å². The molecule has 0 fully saturated rings. The van der Waals surface area contributed by atoms with Crippen LogP contribution in [0.3, 0.4) is 0 Å². The van der Waals surface area contributed by atoms with E-state index < -0.39 is 5.41 Å². The highest BCUT2D eigenvalue weighted by Crippen LogP contribution is 2.22. The van der Waals surface area contributed by atoms with Gasteiger partial charge in [0.1, 0.15) is 5.41 Å². The Labute approximate surface area is 107 Å². The van der Waals surface area contributed by atoms with Gasteiger partial charge in [-0.2, -0.15) is 5.26 Å². The quantitative estimate of drug-likeness (QED) is 0.806. The zero-order chi connectivity index (χ0) is 12.9. The minimum absolute atomic E-state index is 0.0842. The average Bonchev–Trinajstić information content (AvgIpc) is 2.87. The Bertz CT molecular complexity index is 408. The summed E-state index contributed by atoms with van der Waals surface area (Å²) in [4.78, 5) is 15.0. The summed E-state index contributed by atoms with van der Waals surface area (Å²) in [6.45, 7) is 4.24. The Morgan fingerprint density at radius 1 is 1.65 bits per heavy atom. The van der Waals surface area contributed by atoms with Gasteiger partial charge >= 0.3 is 0 Å². The number of likely N-dealkylation sites (N-methyl/N-ethyl adjacent to an activating group) is 1. The topological polar surface area (TPSA) is 44.1 Å². The van der Waals surface area contributed by atoms with Crippen molar-refractivity contribution in [2.45, 2.75) is 26.7 Å². The molecule has 0 saturated carbocycles. The van der Waals surface area contributed by atoms with Crippen LogP contribution in [0.15, 0.2) is 17.5 Å². The van der Waals surface area contributed by atoms with Crippen molar-refractivity contribution < 1.29 is 4.79 Å². The third-order valence-corrected chi connectivity index (χ3v) is 3.98. The molecule has 0 bridgehead atoms. The first-order valence-electron chi connectivity index (χ1n) is 5.72. The summed E-state index contributed by atoms with van der Waals surface area (Å²) in [5.41, 5.74) is -0.885. The van der Waals surface area contributed by atoms with Gasteiger partial charge in [0.2, 0.25) is 5.91 Å². The highest BCUT2D eigenvalue weighted by Gasteiger charge is 2.33. The molecule has 1 amide bonds. The summed E-state index contributed by atoms with van der Waals surface area (Å²) >= 11 is 1.69. The molecule has 0 aliphatic heterocycles. The molecular formula is C13H18N2OS. The molecule has 1 aromatic heterocycles. The number of carbonyl (C=O) groups excluding carboxylic acids is 1. The van der Waals surface area contributed by atoms with Crippen LogP contribution in [0.2, 0.25) is 0 Å². The summed E-state index contributed by atoms with van der Waals surface area (Å²) in [7, 11) is 1.77. The molecule has 1 aromatic rings. The van der Waals surface area contributed by atoms with Gasteiger partial charge in [0.25, 0.3) is 0 Å². The van der Waals surface area contributed by atoms with Crippen LogP contribution in [0, 0.1) is 16.7 Å². The lowest BCUT2D eigenvalue weighted by molar-refractivity contribution is -0.137. The zero-order valence-electron chi connectivity index (χ0n) is 10.6. The molecule has 1 atom stereocenters. The number of nitriles is 1. The predicted molar refractivity (Wildman–Crippen MR) is 69.7 cm³/mol. The molecule has 0 aliphatic carbocycles.